The van der Waals surface area contributed by atoms with Crippen molar-refractivity contribution in [2.75, 3.05) is 48.8 Å². The van der Waals surface area contributed by atoms with Crippen molar-refractivity contribution in [3.05, 3.63) is 280 Å². The number of ketones is 9. The third-order valence-electron chi connectivity index (χ3n) is 15.6. The molecule has 0 heterocycles. The lowest BCUT2D eigenvalue weighted by atomic mass is 9.97. The first kappa shape index (κ1) is 95.7. The van der Waals surface area contributed by atoms with Gasteiger partial charge >= 0.3 is 0 Å². The zero-order chi connectivity index (χ0) is 82.9. The van der Waals surface area contributed by atoms with Crippen molar-refractivity contribution in [3.63, 3.8) is 0 Å². The summed E-state index contributed by atoms with van der Waals surface area (Å²) in [6, 6.07) is 48.1. The summed E-state index contributed by atoms with van der Waals surface area (Å²) in [6.07, 6.45) is 0. The highest BCUT2D eigenvalue weighted by Crippen LogP contribution is 2.38. The van der Waals surface area contributed by atoms with E-state index in [9.17, 15) is 43.2 Å². The molecule has 0 atom stereocenters. The molecule has 0 fully saturated rings. The molecule has 0 aliphatic carbocycles. The number of hydrogen-bond acceptors (Lipinski definition) is 16. The number of methoxy groups -OCH3 is 5. The maximum Gasteiger partial charge on any atom is 0.203 e. The fraction of sp³-hybridized carbons (Fsp3) is 0.289. The van der Waals surface area contributed by atoms with Crippen molar-refractivity contribution in [3.8, 4) is 40.2 Å². The zero-order valence-electron chi connectivity index (χ0n) is 67.2. The number of ether oxygens (including phenoxy) is 7. The van der Waals surface area contributed by atoms with Crippen LogP contribution in [0.25, 0.3) is 4.85 Å². The van der Waals surface area contributed by atoms with E-state index in [-0.39, 0.29) is 52.0 Å². The van der Waals surface area contributed by atoms with Crippen LogP contribution >= 0.6 is 23.2 Å². The Kier molecular flexibility index (Phi) is 43.5. The van der Waals surface area contributed by atoms with E-state index in [1.165, 1.54) is 71.3 Å². The van der Waals surface area contributed by atoms with Gasteiger partial charge in [0.15, 0.2) is 69.2 Å². The van der Waals surface area contributed by atoms with Gasteiger partial charge in [0, 0.05) is 61.2 Å². The van der Waals surface area contributed by atoms with Crippen LogP contribution < -0.4 is 33.2 Å². The monoisotopic (exact) mass is 1520 g/mol. The summed E-state index contributed by atoms with van der Waals surface area (Å²) in [4.78, 5) is 102. The van der Waals surface area contributed by atoms with Crippen LogP contribution in [-0.4, -0.2) is 101 Å². The van der Waals surface area contributed by atoms with Gasteiger partial charge in [-0.05, 0) is 269 Å². The number of hydrogen-bond donors (Lipinski definition) is 0. The highest BCUT2D eigenvalue weighted by Gasteiger charge is 2.16. The van der Waals surface area contributed by atoms with E-state index in [4.69, 9.17) is 62.9 Å². The van der Waals surface area contributed by atoms with E-state index >= 15 is 0 Å². The van der Waals surface area contributed by atoms with Crippen molar-refractivity contribution in [1.29, 1.82) is 0 Å². The number of rotatable bonds is 18. The molecule has 17 nitrogen and oxygen atoms in total. The van der Waals surface area contributed by atoms with Crippen molar-refractivity contribution in [1.82, 2.24) is 0 Å². The number of benzene rings is 9. The van der Waals surface area contributed by atoms with Crippen LogP contribution in [0.2, 0.25) is 10.0 Å². The molecule has 578 valence electrons. The van der Waals surface area contributed by atoms with Gasteiger partial charge in [0.2, 0.25) is 5.75 Å². The van der Waals surface area contributed by atoms with E-state index < -0.39 is 0 Å². The van der Waals surface area contributed by atoms with Gasteiger partial charge < -0.3 is 33.2 Å². The largest absolute Gasteiger partial charge is 0.497 e. The number of halogens is 2. The Labute approximate surface area is 654 Å². The molecule has 0 spiro atoms. The molecule has 19 heteroatoms. The van der Waals surface area contributed by atoms with Gasteiger partial charge in [0.1, 0.15) is 23.0 Å². The molecule has 0 saturated carbocycles. The minimum Gasteiger partial charge on any atom is -0.497 e. The Morgan fingerprint density at radius 3 is 1.12 bits per heavy atom. The minimum absolute atomic E-state index is 0.00259. The highest BCUT2D eigenvalue weighted by atomic mass is 35.5. The maximum atomic E-state index is 11.2. The van der Waals surface area contributed by atoms with Gasteiger partial charge in [-0.25, -0.2) is 4.85 Å². The Balaban J connectivity index is 0.000000614. The summed E-state index contributed by atoms with van der Waals surface area (Å²) in [6.45, 7) is 41.8. The van der Waals surface area contributed by atoms with Crippen LogP contribution in [0.15, 0.2) is 164 Å². The summed E-state index contributed by atoms with van der Waals surface area (Å²) in [5.74, 6) is 4.74. The molecule has 9 rings (SSSR count). The number of aryl methyl sites for hydroxylation is 7. The Morgan fingerprint density at radius 1 is 0.339 bits per heavy atom. The average molecular weight is 1530 g/mol. The second-order valence-corrected chi connectivity index (χ2v) is 25.5. The molecule has 0 aliphatic heterocycles. The highest BCUT2D eigenvalue weighted by molar-refractivity contribution is 6.35. The third kappa shape index (κ3) is 34.9. The SMILES string of the molecule is CC(=O)c1c(C)cc(C)cc1C.CC(=O)c1cc(C)c(C)c(C)c1.CC(=O)c1cc(C)cc(C)c1.CC(=O)c1cc(Cl)ccc1Cl.CCOc1ccc(C(C)=O)cc1.CCOc1cccc(C(C)=O)c1.COc1cc(C(C)=O)cc(OC)c1OC.COc1cc(OC)cc(C(C)=O)c1.[C-]#[N+]c1cccc(C(C)=O)c1. The Bertz CT molecular complexity index is 4530. The van der Waals surface area contributed by atoms with Crippen molar-refractivity contribution >= 4 is 80.9 Å². The van der Waals surface area contributed by atoms with Gasteiger partial charge in [-0.1, -0.05) is 88.4 Å². The normalized spacial score (nSPS) is 9.59. The van der Waals surface area contributed by atoms with Gasteiger partial charge in [0.05, 0.1) is 60.4 Å². The first-order chi connectivity index (χ1) is 51.3. The summed E-state index contributed by atoms with van der Waals surface area (Å²) in [5, 5.41) is 0.974. The summed E-state index contributed by atoms with van der Waals surface area (Å²) >= 11 is 11.4. The Morgan fingerprint density at radius 2 is 0.734 bits per heavy atom. The molecule has 109 heavy (non-hydrogen) atoms. The summed E-state index contributed by atoms with van der Waals surface area (Å²) in [5.41, 5.74) is 16.0. The van der Waals surface area contributed by atoms with Gasteiger partial charge in [-0.2, -0.15) is 0 Å². The van der Waals surface area contributed by atoms with Crippen LogP contribution in [0, 0.1) is 62.0 Å². The van der Waals surface area contributed by atoms with E-state index in [0.717, 1.165) is 56.0 Å². The molecule has 0 amide bonds. The average Bonchev–Trinajstić information content (AvgIpc) is 0.829. The van der Waals surface area contributed by atoms with E-state index in [1.54, 1.807) is 158 Å². The van der Waals surface area contributed by atoms with Crippen LogP contribution in [0.1, 0.15) is 214 Å². The first-order valence-corrected chi connectivity index (χ1v) is 35.3. The second kappa shape index (κ2) is 49.5. The predicted octanol–water partition coefficient (Wildman–Crippen LogP) is 22.2. The maximum absolute atomic E-state index is 11.2. The molecule has 0 N–H and O–H groups in total. The molecular formula is C90H103Cl2NO16. The molecule has 0 aromatic heterocycles. The molecule has 0 radical (unpaired) electrons. The number of nitrogens with zero attached hydrogens (tertiary/aromatic N) is 1. The molecule has 0 unspecified atom stereocenters. The lowest BCUT2D eigenvalue weighted by Gasteiger charge is -2.12. The molecule has 0 aliphatic rings. The molecule has 9 aromatic rings. The first-order valence-electron chi connectivity index (χ1n) is 34.5. The van der Waals surface area contributed by atoms with Crippen LogP contribution in [0.4, 0.5) is 5.69 Å². The van der Waals surface area contributed by atoms with Crippen molar-refractivity contribution < 1.29 is 76.3 Å². The van der Waals surface area contributed by atoms with E-state index in [1.807, 2.05) is 111 Å². The standard InChI is InChI=1S/C11H14O4.2C11H14O.C10H12O3.2C10H12O2.C10H12O.C9H7NO.C8H6Cl2O/c1-7(12)8-5-9(13-2)11(15-4)10(6-8)14-3;1-7-5-11(10(4)12)6-8(2)9(7)3;1-7-5-8(2)11(10(4)12)9(3)6-7;1-7(11)8-4-9(12-2)6-10(5-8)13-3;1-3-12-10-6-4-9(5-7-10)8(2)11;1-3-12-10-6-4-5-9(7-10)8(2)11;1-7-4-8(2)6-10(5-7)9(3)11;1-7(11)8-4-3-5-9(6-8)10-2;1-5(11)7-4-6(9)2-3-8(7)10/h5-6H,1-4H3;2*5-6H,1-4H3;4-6H,1-3H3;2*4-7H,3H2,1-2H3;4-6H,1-3H3;3-6H,1H3;2-4H,1H3. The zero-order valence-corrected chi connectivity index (χ0v) is 68.7. The van der Waals surface area contributed by atoms with Gasteiger partial charge in [-0.15, -0.1) is 0 Å². The van der Waals surface area contributed by atoms with E-state index in [0.29, 0.717) is 85.5 Å². The topological polar surface area (TPSA) is 223 Å². The molecule has 0 bridgehead atoms. The second-order valence-electron chi connectivity index (χ2n) is 24.6. The van der Waals surface area contributed by atoms with Gasteiger partial charge in [-0.3, -0.25) is 43.2 Å². The number of carbonyl (C=O) groups excluding carboxylic acids is 9. The fourth-order valence-corrected chi connectivity index (χ4v) is 10.4. The quantitative estimate of drug-likeness (QED) is 0.0575. The lowest BCUT2D eigenvalue weighted by molar-refractivity contribution is 0.100. The number of carbonyl (C=O) groups is 9. The predicted molar refractivity (Wildman–Crippen MR) is 437 cm³/mol. The van der Waals surface area contributed by atoms with Gasteiger partial charge in [0.25, 0.3) is 0 Å². The van der Waals surface area contributed by atoms with E-state index in [2.05, 4.69) is 17.8 Å². The van der Waals surface area contributed by atoms with Crippen LogP contribution in [0.3, 0.4) is 0 Å². The van der Waals surface area contributed by atoms with Crippen LogP contribution in [0.5, 0.6) is 40.2 Å². The van der Waals surface area contributed by atoms with Crippen LogP contribution in [-0.2, 0) is 0 Å². The van der Waals surface area contributed by atoms with Crippen molar-refractivity contribution in [2.45, 2.75) is 132 Å². The smallest absolute Gasteiger partial charge is 0.203 e. The van der Waals surface area contributed by atoms with Crippen molar-refractivity contribution in [2.24, 2.45) is 0 Å². The summed E-state index contributed by atoms with van der Waals surface area (Å²) in [7, 11) is 7.66. The molecular weight excluding hydrogens is 1420 g/mol. The molecule has 0 saturated heterocycles. The minimum atomic E-state index is -0.0718. The lowest BCUT2D eigenvalue weighted by Crippen LogP contribution is -2.00. The number of Topliss-reactive ketones (excluding diaryl/α,β-unsaturated/α-hetero) is 9. The Hall–Kier alpha value is -11.3. The summed E-state index contributed by atoms with van der Waals surface area (Å²) < 4.78 is 35.9. The molecule has 9 aromatic carbocycles. The third-order valence-corrected chi connectivity index (χ3v) is 16.2. The fourth-order valence-electron chi connectivity index (χ4n) is 9.93.